The summed E-state index contributed by atoms with van der Waals surface area (Å²) in [6, 6.07) is 1.22. The van der Waals surface area contributed by atoms with Gasteiger partial charge in [-0.15, -0.1) is 11.3 Å². The van der Waals surface area contributed by atoms with Gasteiger partial charge in [0.2, 0.25) is 0 Å². The zero-order chi connectivity index (χ0) is 21.0. The van der Waals surface area contributed by atoms with E-state index in [1.54, 1.807) is 0 Å². The molecule has 0 aromatic carbocycles. The highest BCUT2D eigenvalue weighted by Crippen LogP contribution is 2.55. The number of carbonyl (C=O) groups is 2. The number of halogens is 2. The number of hydrogen-bond acceptors (Lipinski definition) is 6. The van der Waals surface area contributed by atoms with Gasteiger partial charge in [-0.3, -0.25) is 9.59 Å². The number of rotatable bonds is 4. The van der Waals surface area contributed by atoms with E-state index in [0.717, 1.165) is 30.6 Å². The van der Waals surface area contributed by atoms with E-state index < -0.39 is 5.91 Å². The third-order valence-corrected chi connectivity index (χ3v) is 7.86. The van der Waals surface area contributed by atoms with Crippen LogP contribution >= 0.6 is 34.5 Å². The lowest BCUT2D eigenvalue weighted by Gasteiger charge is -2.56. The van der Waals surface area contributed by atoms with E-state index in [4.69, 9.17) is 23.2 Å². The van der Waals surface area contributed by atoms with Gasteiger partial charge in [0.15, 0.2) is 16.6 Å². The number of carbonyl (C=O) groups excluding carboxylic acids is 2. The Labute approximate surface area is 187 Å². The van der Waals surface area contributed by atoms with Crippen molar-refractivity contribution < 1.29 is 14.7 Å². The van der Waals surface area contributed by atoms with Gasteiger partial charge in [0, 0.05) is 5.54 Å². The molecule has 3 N–H and O–H groups in total. The minimum absolute atomic E-state index is 0.0661. The molecule has 0 atom stereocenters. The second kappa shape index (κ2) is 7.35. The Balaban J connectivity index is 1.32. The highest BCUT2D eigenvalue weighted by molar-refractivity contribution is 7.14. The molecule has 4 fully saturated rings. The summed E-state index contributed by atoms with van der Waals surface area (Å²) in [7, 11) is 0. The molecule has 4 aliphatic rings. The maximum Gasteiger partial charge on any atom is 0.275 e. The van der Waals surface area contributed by atoms with Crippen molar-refractivity contribution in [1.29, 1.82) is 0 Å². The molecule has 158 valence electrons. The molecule has 0 saturated heterocycles. The fourth-order valence-electron chi connectivity index (χ4n) is 5.82. The molecule has 7 nitrogen and oxygen atoms in total. The van der Waals surface area contributed by atoms with Crippen LogP contribution in [-0.2, 0) is 0 Å². The first-order valence-electron chi connectivity index (χ1n) is 9.94. The molecule has 0 unspecified atom stereocenters. The van der Waals surface area contributed by atoms with Crippen LogP contribution in [0.15, 0.2) is 11.6 Å². The van der Waals surface area contributed by atoms with Crippen molar-refractivity contribution in [3.8, 4) is 5.75 Å². The smallest absolute Gasteiger partial charge is 0.275 e. The first-order chi connectivity index (χ1) is 14.3. The monoisotopic (exact) mass is 466 g/mol. The molecular weight excluding hydrogens is 447 g/mol. The Morgan fingerprint density at radius 2 is 1.73 bits per heavy atom. The van der Waals surface area contributed by atoms with Crippen molar-refractivity contribution in [3.63, 3.8) is 0 Å². The van der Waals surface area contributed by atoms with Gasteiger partial charge in [-0.1, -0.05) is 23.2 Å². The molecule has 4 aliphatic carbocycles. The van der Waals surface area contributed by atoms with E-state index in [1.165, 1.54) is 30.8 Å². The standard InChI is InChI=1S/C20H20Cl2N4O3S/c21-12-4-13(24-16(22)15(12)27)17(28)25-19-14(23-8-30-19)18(29)26-20-5-9-1-10(6-20)3-11(2-9)7-20/h4,8-11,27H,1-3,5-7H2,(H,25,28)(H,26,29). The van der Waals surface area contributed by atoms with Crippen LogP contribution in [-0.4, -0.2) is 32.4 Å². The van der Waals surface area contributed by atoms with Crippen LogP contribution in [0.4, 0.5) is 5.00 Å². The van der Waals surface area contributed by atoms with Crippen molar-refractivity contribution in [2.24, 2.45) is 17.8 Å². The largest absolute Gasteiger partial charge is 0.504 e. The summed E-state index contributed by atoms with van der Waals surface area (Å²) in [6.07, 6.45) is 6.97. The Hall–Kier alpha value is -1.90. The number of thiazole rings is 1. The summed E-state index contributed by atoms with van der Waals surface area (Å²) in [5.74, 6) is 0.891. The Morgan fingerprint density at radius 1 is 1.10 bits per heavy atom. The molecule has 2 amide bonds. The van der Waals surface area contributed by atoms with Crippen molar-refractivity contribution in [2.75, 3.05) is 5.32 Å². The zero-order valence-electron chi connectivity index (χ0n) is 16.0. The maximum absolute atomic E-state index is 13.1. The molecular formula is C20H20Cl2N4O3S. The fraction of sp³-hybridized carbons (Fsp3) is 0.500. The number of aromatic hydroxyl groups is 1. The van der Waals surface area contributed by atoms with Gasteiger partial charge in [-0.05, 0) is 62.3 Å². The lowest BCUT2D eigenvalue weighted by molar-refractivity contribution is -0.0167. The van der Waals surface area contributed by atoms with E-state index in [2.05, 4.69) is 20.6 Å². The second-order valence-corrected chi connectivity index (χ2v) is 10.4. The van der Waals surface area contributed by atoms with Crippen molar-refractivity contribution in [3.05, 3.63) is 33.1 Å². The Morgan fingerprint density at radius 3 is 2.33 bits per heavy atom. The molecule has 0 aliphatic heterocycles. The van der Waals surface area contributed by atoms with E-state index in [9.17, 15) is 14.7 Å². The first-order valence-corrected chi connectivity index (χ1v) is 11.6. The highest BCUT2D eigenvalue weighted by atomic mass is 35.5. The number of pyridine rings is 1. The third-order valence-electron chi connectivity index (χ3n) is 6.56. The van der Waals surface area contributed by atoms with E-state index in [0.29, 0.717) is 22.8 Å². The van der Waals surface area contributed by atoms with Crippen LogP contribution in [0.1, 0.15) is 59.5 Å². The number of nitrogens with one attached hydrogen (secondary N) is 2. The lowest BCUT2D eigenvalue weighted by Crippen LogP contribution is -2.59. The van der Waals surface area contributed by atoms with Crippen LogP contribution in [0.5, 0.6) is 5.75 Å². The van der Waals surface area contributed by atoms with Gasteiger partial charge >= 0.3 is 0 Å². The zero-order valence-corrected chi connectivity index (χ0v) is 18.3. The summed E-state index contributed by atoms with van der Waals surface area (Å²) >= 11 is 12.8. The average molecular weight is 467 g/mol. The van der Waals surface area contributed by atoms with Crippen molar-refractivity contribution in [1.82, 2.24) is 15.3 Å². The molecule has 10 heteroatoms. The van der Waals surface area contributed by atoms with E-state index in [-0.39, 0.29) is 38.8 Å². The maximum atomic E-state index is 13.1. The number of nitrogens with zero attached hydrogens (tertiary/aromatic N) is 2. The third kappa shape index (κ3) is 3.55. The van der Waals surface area contributed by atoms with Gasteiger partial charge < -0.3 is 15.7 Å². The number of aromatic nitrogens is 2. The number of anilines is 1. The van der Waals surface area contributed by atoms with Crippen LogP contribution in [0.3, 0.4) is 0 Å². The fourth-order valence-corrected chi connectivity index (χ4v) is 6.93. The SMILES string of the molecule is O=C(Nc1scnc1C(=O)NC12CC3CC(CC(C3)C1)C2)c1cc(Cl)c(O)c(Cl)n1. The molecule has 30 heavy (non-hydrogen) atoms. The summed E-state index contributed by atoms with van der Waals surface area (Å²) in [5, 5.41) is 15.5. The van der Waals surface area contributed by atoms with Gasteiger partial charge in [0.25, 0.3) is 11.8 Å². The molecule has 6 rings (SSSR count). The number of amides is 2. The summed E-state index contributed by atoms with van der Waals surface area (Å²) in [4.78, 5) is 33.7. The molecule has 4 bridgehead atoms. The predicted molar refractivity (Wildman–Crippen MR) is 114 cm³/mol. The van der Waals surface area contributed by atoms with Gasteiger partial charge in [0.05, 0.1) is 10.5 Å². The van der Waals surface area contributed by atoms with Crippen LogP contribution < -0.4 is 10.6 Å². The van der Waals surface area contributed by atoms with Gasteiger partial charge in [-0.25, -0.2) is 9.97 Å². The molecule has 4 saturated carbocycles. The molecule has 2 heterocycles. The summed E-state index contributed by atoms with van der Waals surface area (Å²) in [5.41, 5.74) is 1.51. The number of hydrogen-bond donors (Lipinski definition) is 3. The van der Waals surface area contributed by atoms with Crippen LogP contribution in [0, 0.1) is 17.8 Å². The van der Waals surface area contributed by atoms with Crippen LogP contribution in [0.2, 0.25) is 10.2 Å². The molecule has 0 radical (unpaired) electrons. The topological polar surface area (TPSA) is 104 Å². The molecule has 2 aromatic rings. The van der Waals surface area contributed by atoms with E-state index in [1.807, 2.05) is 0 Å². The second-order valence-electron chi connectivity index (χ2n) is 8.76. The first kappa shape index (κ1) is 20.0. The van der Waals surface area contributed by atoms with E-state index >= 15 is 0 Å². The molecule has 0 spiro atoms. The molecule has 2 aromatic heterocycles. The summed E-state index contributed by atoms with van der Waals surface area (Å²) in [6.45, 7) is 0. The minimum Gasteiger partial charge on any atom is -0.504 e. The minimum atomic E-state index is -0.591. The van der Waals surface area contributed by atoms with Gasteiger partial charge in [0.1, 0.15) is 10.7 Å². The quantitative estimate of drug-likeness (QED) is 0.575. The Bertz CT molecular complexity index is 983. The van der Waals surface area contributed by atoms with Gasteiger partial charge in [-0.2, -0.15) is 0 Å². The normalized spacial score (nSPS) is 29.1. The Kier molecular flexibility index (Phi) is 4.91. The lowest BCUT2D eigenvalue weighted by atomic mass is 9.53. The average Bonchev–Trinajstić information content (AvgIpc) is 3.12. The highest BCUT2D eigenvalue weighted by Gasteiger charge is 2.51. The summed E-state index contributed by atoms with van der Waals surface area (Å²) < 4.78 is 0. The predicted octanol–water partition coefficient (Wildman–Crippen LogP) is 4.50. The van der Waals surface area contributed by atoms with Crippen molar-refractivity contribution in [2.45, 2.75) is 44.1 Å². The van der Waals surface area contributed by atoms with Crippen molar-refractivity contribution >= 4 is 51.4 Å². The van der Waals surface area contributed by atoms with Crippen LogP contribution in [0.25, 0.3) is 0 Å².